The van der Waals surface area contributed by atoms with Crippen LogP contribution in [0.4, 0.5) is 14.5 Å². The van der Waals surface area contributed by atoms with Gasteiger partial charge in [0.15, 0.2) is 0 Å². The van der Waals surface area contributed by atoms with Gasteiger partial charge in [0, 0.05) is 24.2 Å². The third-order valence-electron chi connectivity index (χ3n) is 2.76. The number of carbonyl (C=O) groups excluding carboxylic acids is 1. The summed E-state index contributed by atoms with van der Waals surface area (Å²) in [5.74, 6) is -2.32. The van der Waals surface area contributed by atoms with E-state index in [-0.39, 0.29) is 12.1 Å². The van der Waals surface area contributed by atoms with E-state index in [0.29, 0.717) is 6.42 Å². The molecule has 0 aliphatic carbocycles. The fraction of sp³-hybridized carbons (Fsp3) is 0.385. The van der Waals surface area contributed by atoms with Crippen molar-refractivity contribution in [3.63, 3.8) is 0 Å². The summed E-state index contributed by atoms with van der Waals surface area (Å²) in [5.41, 5.74) is -1.34. The zero-order valence-corrected chi connectivity index (χ0v) is 11.7. The average Bonchev–Trinajstić information content (AvgIpc) is 2.45. The molecule has 0 bridgehead atoms. The first-order valence-corrected chi connectivity index (χ1v) is 6.36. The van der Waals surface area contributed by atoms with Crippen LogP contribution in [0.1, 0.15) is 34.1 Å². The molecule has 1 aromatic rings. The normalized spacial score (nSPS) is 10.5. The van der Waals surface area contributed by atoms with Crippen molar-refractivity contribution in [2.24, 2.45) is 0 Å². The molecule has 0 saturated carbocycles. The van der Waals surface area contributed by atoms with E-state index in [2.05, 4.69) is 0 Å². The lowest BCUT2D eigenvalue weighted by atomic mass is 10.1. The van der Waals surface area contributed by atoms with Gasteiger partial charge in [-0.3, -0.25) is 14.9 Å². The van der Waals surface area contributed by atoms with Crippen molar-refractivity contribution < 1.29 is 28.4 Å². The molecular weight excluding hydrogens is 302 g/mol. The number of carbonyl (C=O) groups is 2. The van der Waals surface area contributed by atoms with Gasteiger partial charge in [0.2, 0.25) is 0 Å². The molecule has 0 atom stereocenters. The van der Waals surface area contributed by atoms with Gasteiger partial charge in [0.05, 0.1) is 17.0 Å². The highest BCUT2D eigenvalue weighted by atomic mass is 19.3. The molecule has 0 aliphatic rings. The quantitative estimate of drug-likeness (QED) is 0.615. The predicted octanol–water partition coefficient (Wildman–Crippen LogP) is 2.41. The fourth-order valence-corrected chi connectivity index (χ4v) is 1.86. The molecule has 0 aliphatic heterocycles. The van der Waals surface area contributed by atoms with E-state index in [0.717, 1.165) is 23.1 Å². The number of benzene rings is 1. The molecule has 0 radical (unpaired) electrons. The Balaban J connectivity index is 3.24. The smallest absolute Gasteiger partial charge is 0.335 e. The summed E-state index contributed by atoms with van der Waals surface area (Å²) in [6, 6.07) is 2.62. The van der Waals surface area contributed by atoms with Gasteiger partial charge in [-0.15, -0.1) is 0 Å². The maximum absolute atomic E-state index is 12.5. The molecule has 120 valence electrons. The van der Waals surface area contributed by atoms with Crippen molar-refractivity contribution in [2.75, 3.05) is 13.1 Å². The first-order chi connectivity index (χ1) is 10.3. The molecule has 1 rings (SSSR count). The molecule has 0 saturated heterocycles. The van der Waals surface area contributed by atoms with Crippen LogP contribution in [0, 0.1) is 10.1 Å². The zero-order valence-electron chi connectivity index (χ0n) is 11.7. The van der Waals surface area contributed by atoms with Crippen LogP contribution in [0.3, 0.4) is 0 Å². The highest BCUT2D eigenvalue weighted by Crippen LogP contribution is 2.19. The van der Waals surface area contributed by atoms with Gasteiger partial charge in [-0.2, -0.15) is 0 Å². The number of non-ortho nitro benzene ring substituents is 1. The van der Waals surface area contributed by atoms with Crippen LogP contribution in [0.15, 0.2) is 18.2 Å². The number of carboxylic acids is 1. The van der Waals surface area contributed by atoms with Gasteiger partial charge in [-0.05, 0) is 12.5 Å². The van der Waals surface area contributed by atoms with Crippen LogP contribution >= 0.6 is 0 Å². The summed E-state index contributed by atoms with van der Waals surface area (Å²) in [5, 5.41) is 19.7. The lowest BCUT2D eigenvalue weighted by molar-refractivity contribution is -0.384. The Labute approximate surface area is 124 Å². The molecule has 1 N–H and O–H groups in total. The Morgan fingerprint density at radius 2 is 1.91 bits per heavy atom. The Morgan fingerprint density at radius 1 is 1.32 bits per heavy atom. The second kappa shape index (κ2) is 7.43. The maximum Gasteiger partial charge on any atom is 0.335 e. The lowest BCUT2D eigenvalue weighted by Gasteiger charge is -2.21. The highest BCUT2D eigenvalue weighted by Gasteiger charge is 2.23. The number of hydrogen-bond donors (Lipinski definition) is 1. The molecule has 1 amide bonds. The van der Waals surface area contributed by atoms with Gasteiger partial charge in [0.25, 0.3) is 18.0 Å². The largest absolute Gasteiger partial charge is 0.478 e. The van der Waals surface area contributed by atoms with Crippen molar-refractivity contribution in [1.29, 1.82) is 0 Å². The third-order valence-corrected chi connectivity index (χ3v) is 2.76. The third kappa shape index (κ3) is 4.47. The topological polar surface area (TPSA) is 101 Å². The number of nitrogens with zero attached hydrogens (tertiary/aromatic N) is 2. The first-order valence-electron chi connectivity index (χ1n) is 6.36. The van der Waals surface area contributed by atoms with Gasteiger partial charge < -0.3 is 10.0 Å². The Morgan fingerprint density at radius 3 is 2.36 bits per heavy atom. The van der Waals surface area contributed by atoms with Crippen molar-refractivity contribution in [1.82, 2.24) is 4.90 Å². The summed E-state index contributed by atoms with van der Waals surface area (Å²) in [7, 11) is 0. The second-order valence-electron chi connectivity index (χ2n) is 4.47. The number of alkyl halides is 2. The van der Waals surface area contributed by atoms with Gasteiger partial charge >= 0.3 is 5.97 Å². The number of amides is 1. The molecule has 0 heterocycles. The van der Waals surface area contributed by atoms with Gasteiger partial charge in [0.1, 0.15) is 0 Å². The van der Waals surface area contributed by atoms with E-state index in [9.17, 15) is 28.5 Å². The maximum atomic E-state index is 12.5. The number of halogens is 2. The van der Waals surface area contributed by atoms with Crippen molar-refractivity contribution in [3.05, 3.63) is 39.4 Å². The van der Waals surface area contributed by atoms with Crippen LogP contribution in [-0.2, 0) is 0 Å². The van der Waals surface area contributed by atoms with E-state index in [1.165, 1.54) is 0 Å². The van der Waals surface area contributed by atoms with Crippen LogP contribution in [-0.4, -0.2) is 46.3 Å². The predicted molar refractivity (Wildman–Crippen MR) is 72.3 cm³/mol. The summed E-state index contributed by atoms with van der Waals surface area (Å²) >= 11 is 0. The molecule has 0 aromatic heterocycles. The summed E-state index contributed by atoms with van der Waals surface area (Å²) in [6.45, 7) is 0.897. The second-order valence-corrected chi connectivity index (χ2v) is 4.47. The van der Waals surface area contributed by atoms with Crippen LogP contribution in [0.2, 0.25) is 0 Å². The number of nitro benzene ring substituents is 1. The Kier molecular flexibility index (Phi) is 5.90. The summed E-state index contributed by atoms with van der Waals surface area (Å²) < 4.78 is 25.0. The zero-order chi connectivity index (χ0) is 16.9. The molecular formula is C13H14F2N2O5. The SMILES string of the molecule is CCCN(CC(F)F)C(=O)c1cc(C(=O)O)cc([N+](=O)[O-])c1. The minimum Gasteiger partial charge on any atom is -0.478 e. The van der Waals surface area contributed by atoms with Gasteiger partial charge in [-0.1, -0.05) is 6.92 Å². The average molecular weight is 316 g/mol. The van der Waals surface area contributed by atoms with Crippen molar-refractivity contribution >= 4 is 17.6 Å². The van der Waals surface area contributed by atoms with E-state index >= 15 is 0 Å². The lowest BCUT2D eigenvalue weighted by Crippen LogP contribution is -2.35. The minimum atomic E-state index is -2.76. The van der Waals surface area contributed by atoms with Crippen LogP contribution in [0.25, 0.3) is 0 Å². The fourth-order valence-electron chi connectivity index (χ4n) is 1.86. The number of aromatic carboxylic acids is 1. The van der Waals surface area contributed by atoms with Crippen molar-refractivity contribution in [2.45, 2.75) is 19.8 Å². The first kappa shape index (κ1) is 17.5. The monoisotopic (exact) mass is 316 g/mol. The molecule has 0 unspecified atom stereocenters. The van der Waals surface area contributed by atoms with Crippen LogP contribution < -0.4 is 0 Å². The number of nitro groups is 1. The molecule has 9 heteroatoms. The van der Waals surface area contributed by atoms with E-state index < -0.39 is 41.0 Å². The molecule has 0 spiro atoms. The number of carboxylic acid groups (broad SMARTS) is 1. The number of hydrogen-bond acceptors (Lipinski definition) is 4. The Hall–Kier alpha value is -2.58. The van der Waals surface area contributed by atoms with E-state index in [1.54, 1.807) is 6.92 Å². The standard InChI is InChI=1S/C13H14F2N2O5/c1-2-3-16(7-11(14)15)12(18)8-4-9(13(19)20)6-10(5-8)17(21)22/h4-6,11H,2-3,7H2,1H3,(H,19,20). The number of rotatable bonds is 7. The van der Waals surface area contributed by atoms with E-state index in [4.69, 9.17) is 5.11 Å². The minimum absolute atomic E-state index is 0.0360. The van der Waals surface area contributed by atoms with Gasteiger partial charge in [-0.25, -0.2) is 13.6 Å². The molecule has 7 nitrogen and oxygen atoms in total. The summed E-state index contributed by atoms with van der Waals surface area (Å²) in [4.78, 5) is 33.9. The molecule has 1 aromatic carbocycles. The van der Waals surface area contributed by atoms with E-state index in [1.807, 2.05) is 0 Å². The molecule has 22 heavy (non-hydrogen) atoms. The molecule has 0 fully saturated rings. The highest BCUT2D eigenvalue weighted by molar-refractivity contribution is 5.98. The Bertz CT molecular complexity index is 560. The summed E-state index contributed by atoms with van der Waals surface area (Å²) in [6.07, 6.45) is -2.34. The van der Waals surface area contributed by atoms with Crippen LogP contribution in [0.5, 0.6) is 0 Å². The van der Waals surface area contributed by atoms with Crippen molar-refractivity contribution in [3.8, 4) is 0 Å².